The fourth-order valence-electron chi connectivity index (χ4n) is 2.91. The number of aryl methyl sites for hydroxylation is 1. The van der Waals surface area contributed by atoms with Crippen LogP contribution in [0.25, 0.3) is 0 Å². The van der Waals surface area contributed by atoms with Gasteiger partial charge in [0, 0.05) is 45.6 Å². The highest BCUT2D eigenvalue weighted by atomic mass is 32.2. The monoisotopic (exact) mass is 409 g/mol. The van der Waals surface area contributed by atoms with Crippen molar-refractivity contribution < 1.29 is 21.6 Å². The van der Waals surface area contributed by atoms with Crippen molar-refractivity contribution in [3.63, 3.8) is 0 Å². The van der Waals surface area contributed by atoms with Gasteiger partial charge in [-0.25, -0.2) is 13.4 Å². The summed E-state index contributed by atoms with van der Waals surface area (Å²) in [6.45, 7) is 3.43. The predicted octanol–water partition coefficient (Wildman–Crippen LogP) is 1.64. The Labute approximate surface area is 157 Å². The van der Waals surface area contributed by atoms with E-state index in [0.717, 1.165) is 5.56 Å². The molecule has 0 radical (unpaired) electrons. The van der Waals surface area contributed by atoms with E-state index in [1.54, 1.807) is 0 Å². The fourth-order valence-corrected chi connectivity index (χ4v) is 3.89. The molecular weight excluding hydrogens is 383 g/mol. The van der Waals surface area contributed by atoms with Gasteiger partial charge in [0.25, 0.3) is 0 Å². The summed E-state index contributed by atoms with van der Waals surface area (Å²) in [5.74, 6) is 0.719. The molecule has 1 saturated heterocycles. The molecular formula is C16H26F3N5O2S. The Bertz CT molecular complexity index is 737. The van der Waals surface area contributed by atoms with Crippen LogP contribution in [0.2, 0.25) is 0 Å². The number of guanidine groups is 1. The molecule has 2 rings (SSSR count). The molecule has 0 spiro atoms. The molecule has 0 amide bonds. The highest BCUT2D eigenvalue weighted by molar-refractivity contribution is 7.90. The molecule has 1 aromatic rings. The van der Waals surface area contributed by atoms with Gasteiger partial charge in [0.05, 0.1) is 6.54 Å². The largest absolute Gasteiger partial charge is 0.511 e. The first-order chi connectivity index (χ1) is 12.6. The molecule has 0 unspecified atom stereocenters. The Hall–Kier alpha value is -1.75. The highest BCUT2D eigenvalue weighted by Crippen LogP contribution is 2.30. The van der Waals surface area contributed by atoms with Crippen LogP contribution in [0.4, 0.5) is 13.2 Å². The number of hydrogen-bond acceptors (Lipinski definition) is 3. The predicted molar refractivity (Wildman–Crippen MR) is 97.5 cm³/mol. The summed E-state index contributed by atoms with van der Waals surface area (Å²) in [5.41, 5.74) is -4.17. The lowest BCUT2D eigenvalue weighted by Gasteiger charge is -2.31. The van der Waals surface area contributed by atoms with Crippen molar-refractivity contribution in [2.75, 3.05) is 26.2 Å². The summed E-state index contributed by atoms with van der Waals surface area (Å²) in [5, 5.41) is 6.32. The quantitative estimate of drug-likeness (QED) is 0.553. The molecule has 0 atom stereocenters. The number of halogens is 3. The first kappa shape index (κ1) is 21.5. The molecule has 11 heteroatoms. The van der Waals surface area contributed by atoms with E-state index in [1.807, 2.05) is 37.0 Å². The van der Waals surface area contributed by atoms with Gasteiger partial charge in [-0.05, 0) is 37.3 Å². The van der Waals surface area contributed by atoms with E-state index in [9.17, 15) is 21.6 Å². The smallest absolute Gasteiger partial charge is 0.357 e. The molecule has 27 heavy (non-hydrogen) atoms. The van der Waals surface area contributed by atoms with Crippen LogP contribution in [0.5, 0.6) is 0 Å². The normalized spacial score (nSPS) is 17.9. The first-order valence-corrected chi connectivity index (χ1v) is 10.3. The van der Waals surface area contributed by atoms with Gasteiger partial charge in [0.1, 0.15) is 0 Å². The van der Waals surface area contributed by atoms with E-state index >= 15 is 0 Å². The summed E-state index contributed by atoms with van der Waals surface area (Å²) in [4.78, 5) is 4.49. The lowest BCUT2D eigenvalue weighted by Crippen LogP contribution is -2.47. The SMILES string of the molecule is CCNC(=NCc1ccn(C)c1)NCC1CCN(S(=O)(=O)C(F)(F)F)CC1. The van der Waals surface area contributed by atoms with E-state index < -0.39 is 15.5 Å². The lowest BCUT2D eigenvalue weighted by molar-refractivity contribution is -0.0496. The van der Waals surface area contributed by atoms with Gasteiger partial charge < -0.3 is 15.2 Å². The van der Waals surface area contributed by atoms with Crippen LogP contribution in [-0.2, 0) is 23.6 Å². The zero-order valence-corrected chi connectivity index (χ0v) is 16.3. The third kappa shape index (κ3) is 5.86. The van der Waals surface area contributed by atoms with Crippen molar-refractivity contribution in [2.24, 2.45) is 18.0 Å². The second-order valence-corrected chi connectivity index (χ2v) is 8.48. The molecule has 7 nitrogen and oxygen atoms in total. The van der Waals surface area contributed by atoms with E-state index in [-0.39, 0.29) is 19.0 Å². The van der Waals surface area contributed by atoms with Gasteiger partial charge in [-0.3, -0.25) is 0 Å². The highest BCUT2D eigenvalue weighted by Gasteiger charge is 2.50. The van der Waals surface area contributed by atoms with E-state index in [2.05, 4.69) is 15.6 Å². The van der Waals surface area contributed by atoms with Crippen LogP contribution < -0.4 is 10.6 Å². The molecule has 154 valence electrons. The standard InChI is InChI=1S/C16H26F3N5O2S/c1-3-20-15(22-11-14-4-7-23(2)12-14)21-10-13-5-8-24(9-6-13)27(25,26)16(17,18)19/h4,7,12-13H,3,5-6,8-11H2,1-2H3,(H2,20,21,22). The van der Waals surface area contributed by atoms with Crippen LogP contribution >= 0.6 is 0 Å². The minimum atomic E-state index is -5.24. The molecule has 1 aliphatic heterocycles. The van der Waals surface area contributed by atoms with Crippen molar-refractivity contribution in [1.82, 2.24) is 19.5 Å². The maximum absolute atomic E-state index is 12.6. The van der Waals surface area contributed by atoms with Gasteiger partial charge in [-0.2, -0.15) is 17.5 Å². The third-order valence-corrected chi connectivity index (χ3v) is 6.05. The van der Waals surface area contributed by atoms with Crippen LogP contribution in [0, 0.1) is 5.92 Å². The van der Waals surface area contributed by atoms with Gasteiger partial charge in [0.15, 0.2) is 5.96 Å². The van der Waals surface area contributed by atoms with Crippen LogP contribution in [0.15, 0.2) is 23.5 Å². The van der Waals surface area contributed by atoms with Gasteiger partial charge in [-0.1, -0.05) is 0 Å². The number of aromatic nitrogens is 1. The van der Waals surface area contributed by atoms with E-state index in [1.165, 1.54) is 0 Å². The number of nitrogens with zero attached hydrogens (tertiary/aromatic N) is 3. The summed E-state index contributed by atoms with van der Waals surface area (Å²) >= 11 is 0. The second kappa shape index (κ2) is 8.96. The molecule has 0 bridgehead atoms. The summed E-state index contributed by atoms with van der Waals surface area (Å²) in [7, 11) is -3.29. The lowest BCUT2D eigenvalue weighted by atomic mass is 9.98. The van der Waals surface area contributed by atoms with Crippen molar-refractivity contribution in [2.45, 2.75) is 31.8 Å². The number of nitrogens with one attached hydrogen (secondary N) is 2. The average molecular weight is 409 g/mol. The molecule has 0 saturated carbocycles. The third-order valence-electron chi connectivity index (χ3n) is 4.42. The van der Waals surface area contributed by atoms with E-state index in [0.29, 0.717) is 42.7 Å². The Kier molecular flexibility index (Phi) is 7.15. The molecule has 1 aromatic heterocycles. The van der Waals surface area contributed by atoms with Crippen molar-refractivity contribution >= 4 is 16.0 Å². The number of rotatable bonds is 6. The average Bonchev–Trinajstić information content (AvgIpc) is 3.02. The number of aliphatic imine (C=N–C) groups is 1. The fraction of sp³-hybridized carbons (Fsp3) is 0.688. The minimum Gasteiger partial charge on any atom is -0.357 e. The summed E-state index contributed by atoms with van der Waals surface area (Å²) < 4.78 is 63.2. The van der Waals surface area contributed by atoms with Crippen LogP contribution in [0.1, 0.15) is 25.3 Å². The Morgan fingerprint density at radius 2 is 1.96 bits per heavy atom. The number of piperidine rings is 1. The minimum absolute atomic E-state index is 0.0882. The number of hydrogen-bond donors (Lipinski definition) is 2. The summed E-state index contributed by atoms with van der Waals surface area (Å²) in [6.07, 6.45) is 4.67. The van der Waals surface area contributed by atoms with Gasteiger partial charge >= 0.3 is 15.5 Å². The number of sulfonamides is 1. The maximum atomic E-state index is 12.6. The topological polar surface area (TPSA) is 78.7 Å². The molecule has 0 aliphatic carbocycles. The zero-order chi connectivity index (χ0) is 20.1. The van der Waals surface area contributed by atoms with Crippen molar-refractivity contribution in [3.05, 3.63) is 24.0 Å². The maximum Gasteiger partial charge on any atom is 0.511 e. The molecule has 0 aromatic carbocycles. The molecule has 2 N–H and O–H groups in total. The van der Waals surface area contributed by atoms with Crippen molar-refractivity contribution in [1.29, 1.82) is 0 Å². The second-order valence-electron chi connectivity index (χ2n) is 6.55. The summed E-state index contributed by atoms with van der Waals surface area (Å²) in [6, 6.07) is 1.98. The van der Waals surface area contributed by atoms with Gasteiger partial charge in [-0.15, -0.1) is 0 Å². The van der Waals surface area contributed by atoms with Crippen LogP contribution in [0.3, 0.4) is 0 Å². The Balaban J connectivity index is 1.84. The zero-order valence-electron chi connectivity index (χ0n) is 15.5. The molecule has 1 fully saturated rings. The molecule has 2 heterocycles. The molecule has 1 aliphatic rings. The van der Waals surface area contributed by atoms with E-state index in [4.69, 9.17) is 0 Å². The first-order valence-electron chi connectivity index (χ1n) is 8.83. The van der Waals surface area contributed by atoms with Crippen molar-refractivity contribution in [3.8, 4) is 0 Å². The van der Waals surface area contributed by atoms with Crippen LogP contribution in [-0.4, -0.2) is 54.9 Å². The number of alkyl halides is 3. The van der Waals surface area contributed by atoms with Gasteiger partial charge in [0.2, 0.25) is 0 Å². The Morgan fingerprint density at radius 3 is 2.48 bits per heavy atom. The Morgan fingerprint density at radius 1 is 1.30 bits per heavy atom.